The minimum atomic E-state index is -5.23. The number of hydrogen-bond donors (Lipinski definition) is 9. The number of nitrogens with zero attached hydrogens (tertiary/aromatic N) is 7. The van der Waals surface area contributed by atoms with E-state index in [1.807, 2.05) is 4.98 Å². The fraction of sp³-hybridized carbons (Fsp3) is 0.536. The zero-order valence-electron chi connectivity index (χ0n) is 30.8. The van der Waals surface area contributed by atoms with Crippen molar-refractivity contribution in [3.8, 4) is 0 Å². The lowest BCUT2D eigenvalue weighted by atomic mass is 10.1. The monoisotopic (exact) mass is 926 g/mol. The van der Waals surface area contributed by atoms with Crippen LogP contribution in [0.2, 0.25) is 0 Å². The molecule has 0 spiro atoms. The van der Waals surface area contributed by atoms with Crippen molar-refractivity contribution in [3.05, 3.63) is 68.5 Å². The quantitative estimate of drug-likeness (QED) is 0.0509. The van der Waals surface area contributed by atoms with Gasteiger partial charge in [0.05, 0.1) is 26.1 Å². The third-order valence-corrected chi connectivity index (χ3v) is 11.9. The number of hydrogen-bond acceptors (Lipinski definition) is 22. The van der Waals surface area contributed by atoms with E-state index in [1.54, 1.807) is 0 Å². The molecule has 12 atom stereocenters. The Labute approximate surface area is 339 Å². The molecule has 12 unspecified atom stereocenters. The maximum absolute atomic E-state index is 13.4. The van der Waals surface area contributed by atoms with E-state index < -0.39 is 122 Å². The molecule has 0 amide bonds. The van der Waals surface area contributed by atoms with E-state index in [-0.39, 0.29) is 35.6 Å². The Hall–Kier alpha value is -4.16. The normalized spacial score (nSPS) is 30.1. The highest BCUT2D eigenvalue weighted by atomic mass is 31.2. The second-order valence-electron chi connectivity index (χ2n) is 13.5. The summed E-state index contributed by atoms with van der Waals surface area (Å²) in [6.45, 7) is -2.66. The fourth-order valence-electron chi connectivity index (χ4n) is 6.62. The van der Waals surface area contributed by atoms with Crippen molar-refractivity contribution in [1.82, 2.24) is 38.6 Å². The third-order valence-electron chi connectivity index (χ3n) is 9.43. The molecule has 0 saturated carbocycles. The summed E-state index contributed by atoms with van der Waals surface area (Å²) in [6, 6.07) is 2.21. The highest BCUT2D eigenvalue weighted by molar-refractivity contribution is 7.47. The zero-order valence-corrected chi connectivity index (χ0v) is 33.5. The Bertz CT molecular complexity index is 2570. The summed E-state index contributed by atoms with van der Waals surface area (Å²) < 4.78 is 84.1. The molecule has 3 aliphatic rings. The number of anilines is 2. The lowest BCUT2D eigenvalue weighted by molar-refractivity contribution is -0.0630. The number of aromatic nitrogens is 8. The van der Waals surface area contributed by atoms with E-state index in [4.69, 9.17) is 43.8 Å². The first-order chi connectivity index (χ1) is 28.7. The van der Waals surface area contributed by atoms with Crippen molar-refractivity contribution < 1.29 is 80.3 Å². The van der Waals surface area contributed by atoms with Gasteiger partial charge in [-0.15, -0.1) is 0 Å². The van der Waals surface area contributed by atoms with Crippen LogP contribution in [0.5, 0.6) is 0 Å². The van der Waals surface area contributed by atoms with Gasteiger partial charge in [0.1, 0.15) is 72.8 Å². The molecule has 4 aromatic rings. The van der Waals surface area contributed by atoms with Gasteiger partial charge in [-0.3, -0.25) is 46.1 Å². The summed E-state index contributed by atoms with van der Waals surface area (Å²) in [6.07, 6.45) is -10.9. The second-order valence-corrected chi connectivity index (χ2v) is 17.6. The third kappa shape index (κ3) is 10.4. The molecule has 7 heterocycles. The Kier molecular flexibility index (Phi) is 12.9. The number of H-pyrrole nitrogens is 1. The van der Waals surface area contributed by atoms with Crippen LogP contribution in [0.15, 0.2) is 51.6 Å². The lowest BCUT2D eigenvalue weighted by Gasteiger charge is -2.24. The summed E-state index contributed by atoms with van der Waals surface area (Å²) in [4.78, 5) is 94.1. The number of aliphatic hydroxyl groups is 2. The Morgan fingerprint density at radius 2 is 1.34 bits per heavy atom. The van der Waals surface area contributed by atoms with Gasteiger partial charge in [-0.1, -0.05) is 0 Å². The smallest absolute Gasteiger partial charge is 0.387 e. The minimum Gasteiger partial charge on any atom is -0.387 e. The van der Waals surface area contributed by atoms with Crippen LogP contribution in [0, 0.1) is 0 Å². The summed E-state index contributed by atoms with van der Waals surface area (Å²) in [5.74, 6) is -0.115. The van der Waals surface area contributed by atoms with Gasteiger partial charge in [-0.2, -0.15) is 4.98 Å². The van der Waals surface area contributed by atoms with E-state index >= 15 is 0 Å². The first-order valence-corrected chi connectivity index (χ1v) is 22.1. The van der Waals surface area contributed by atoms with Crippen LogP contribution in [0.3, 0.4) is 0 Å². The number of nitrogens with two attached hydrogens (primary N) is 2. The molecule has 334 valence electrons. The SMILES string of the molecule is Nc1ccn(C2CC(OP(=O)(O)OCC3OC(n4cnc5c(N)ncnc54)CC3OP(=O)(O)OCC3OC(n4ccc(=O)[nH]c4=O)C(O)C3O)C(COP(=O)(O)O)O2)c(=O)n1. The predicted octanol–water partition coefficient (Wildman–Crippen LogP) is -2.89. The number of rotatable bonds is 16. The van der Waals surface area contributed by atoms with Gasteiger partial charge in [0.25, 0.3) is 5.56 Å². The molecule has 3 aliphatic heterocycles. The molecule has 0 aliphatic carbocycles. The fourth-order valence-corrected chi connectivity index (χ4v) is 8.88. The maximum Gasteiger partial charge on any atom is 0.472 e. The van der Waals surface area contributed by atoms with Crippen LogP contribution >= 0.6 is 23.5 Å². The summed E-state index contributed by atoms with van der Waals surface area (Å²) in [5.41, 5.74) is 9.16. The molecule has 11 N–H and O–H groups in total. The van der Waals surface area contributed by atoms with Crippen molar-refractivity contribution in [2.45, 2.75) is 74.3 Å². The molecule has 3 fully saturated rings. The predicted molar refractivity (Wildman–Crippen MR) is 196 cm³/mol. The van der Waals surface area contributed by atoms with Crippen molar-refractivity contribution in [2.24, 2.45) is 0 Å². The maximum atomic E-state index is 13.4. The molecule has 33 heteroatoms. The molecule has 7 rings (SSSR count). The Balaban J connectivity index is 1.05. The van der Waals surface area contributed by atoms with Crippen LogP contribution in [0.25, 0.3) is 11.2 Å². The molecule has 30 nitrogen and oxygen atoms in total. The Morgan fingerprint density at radius 1 is 0.754 bits per heavy atom. The second kappa shape index (κ2) is 17.5. The number of aliphatic hydroxyl groups excluding tert-OH is 2. The molecule has 0 bridgehead atoms. The average Bonchev–Trinajstić information content (AvgIpc) is 3.94. The van der Waals surface area contributed by atoms with Gasteiger partial charge in [-0.25, -0.2) is 38.2 Å². The van der Waals surface area contributed by atoms with Gasteiger partial charge < -0.3 is 55.5 Å². The van der Waals surface area contributed by atoms with Gasteiger partial charge in [0.2, 0.25) is 0 Å². The van der Waals surface area contributed by atoms with Crippen molar-refractivity contribution in [2.75, 3.05) is 31.3 Å². The summed E-state index contributed by atoms with van der Waals surface area (Å²) in [5, 5.41) is 21.1. The van der Waals surface area contributed by atoms with E-state index in [0.717, 1.165) is 27.7 Å². The number of ether oxygens (including phenoxy) is 3. The molecular weight excluding hydrogens is 889 g/mol. The van der Waals surface area contributed by atoms with Gasteiger partial charge in [0, 0.05) is 31.3 Å². The highest BCUT2D eigenvalue weighted by Gasteiger charge is 2.48. The van der Waals surface area contributed by atoms with Gasteiger partial charge in [-0.05, 0) is 6.07 Å². The van der Waals surface area contributed by atoms with Crippen molar-refractivity contribution in [1.29, 1.82) is 0 Å². The molecule has 0 aromatic carbocycles. The number of aromatic amines is 1. The molecule has 0 radical (unpaired) electrons. The number of phosphoric ester groups is 3. The largest absolute Gasteiger partial charge is 0.472 e. The van der Waals surface area contributed by atoms with Crippen LogP contribution in [0.4, 0.5) is 11.6 Å². The van der Waals surface area contributed by atoms with Crippen LogP contribution in [-0.2, 0) is 50.5 Å². The average molecular weight is 927 g/mol. The van der Waals surface area contributed by atoms with Gasteiger partial charge >= 0.3 is 34.8 Å². The number of fused-ring (bicyclic) bond motifs is 1. The number of nitrogen functional groups attached to an aromatic ring is 2. The first kappa shape index (κ1) is 44.9. The first-order valence-electron chi connectivity index (χ1n) is 17.6. The lowest BCUT2D eigenvalue weighted by Crippen LogP contribution is -2.37. The highest BCUT2D eigenvalue weighted by Crippen LogP contribution is 2.52. The molecule has 4 aromatic heterocycles. The van der Waals surface area contributed by atoms with E-state index in [0.29, 0.717) is 0 Å². The number of imidazole rings is 1. The van der Waals surface area contributed by atoms with Crippen molar-refractivity contribution >= 4 is 46.3 Å². The topological polar surface area (TPSA) is 432 Å². The van der Waals surface area contributed by atoms with Crippen LogP contribution in [0.1, 0.15) is 31.5 Å². The Morgan fingerprint density at radius 3 is 1.95 bits per heavy atom. The van der Waals surface area contributed by atoms with E-state index in [9.17, 15) is 57.9 Å². The molecule has 61 heavy (non-hydrogen) atoms. The minimum absolute atomic E-state index is 0.00956. The molecule has 3 saturated heterocycles. The standard InChI is InChI=1S/C28H37N10O20P3/c29-17-1-3-36(27(42)34-17)19-5-12(14(54-19)7-51-59(44,45)46)57-60(47,48)52-8-15-13(6-20(55-15)38-11-33-21-24(30)31-10-32-25(21)38)58-61(49,50)53-9-16-22(40)23(41)26(56-16)37-4-2-18(39)35-28(37)43/h1-4,10-16,19-20,22-23,26,40-41H,5-9H2,(H,47,48)(H,49,50)(H2,29,34,42)(H2,30,31,32)(H,35,39,43)(H2,44,45,46). The zero-order chi connectivity index (χ0) is 44.0. The summed E-state index contributed by atoms with van der Waals surface area (Å²) in [7, 11) is -15.5. The number of phosphoric acid groups is 3. The number of nitrogens with one attached hydrogen (secondary N) is 1. The van der Waals surface area contributed by atoms with Crippen LogP contribution in [-0.4, -0.2) is 131 Å². The van der Waals surface area contributed by atoms with E-state index in [2.05, 4.69) is 24.5 Å². The van der Waals surface area contributed by atoms with Crippen LogP contribution < -0.4 is 28.4 Å². The van der Waals surface area contributed by atoms with E-state index in [1.165, 1.54) is 23.2 Å². The summed E-state index contributed by atoms with van der Waals surface area (Å²) >= 11 is 0. The van der Waals surface area contributed by atoms with Crippen molar-refractivity contribution in [3.63, 3.8) is 0 Å². The van der Waals surface area contributed by atoms with Gasteiger partial charge in [0.15, 0.2) is 17.7 Å². The molecular formula is C28H37N10O20P3.